The van der Waals surface area contributed by atoms with E-state index in [1.165, 1.54) is 0 Å². The molecule has 0 saturated carbocycles. The van der Waals surface area contributed by atoms with E-state index in [1.807, 2.05) is 32.9 Å². The van der Waals surface area contributed by atoms with Gasteiger partial charge in [0.2, 0.25) is 5.91 Å². The molecule has 1 rings (SSSR count). The second-order valence-corrected chi connectivity index (χ2v) is 5.54. The number of aliphatic hydroxyl groups is 1. The molecule has 1 atom stereocenters. The zero-order valence-corrected chi connectivity index (χ0v) is 11.3. The molecule has 0 radical (unpaired) electrons. The topological polar surface area (TPSA) is 62.2 Å². The number of nitrogens with zero attached hydrogens (tertiary/aromatic N) is 1. The number of nitrogens with one attached hydrogen (secondary N) is 1. The Hall–Kier alpha value is -1.42. The summed E-state index contributed by atoms with van der Waals surface area (Å²) in [6.07, 6.45) is 4.04. The van der Waals surface area contributed by atoms with Crippen LogP contribution in [0, 0.1) is 5.41 Å². The average Bonchev–Trinajstić information content (AvgIpc) is 2.33. The number of rotatable bonds is 5. The maximum absolute atomic E-state index is 11.6. The minimum absolute atomic E-state index is 0.0323. The highest BCUT2D eigenvalue weighted by molar-refractivity contribution is 5.76. The molecule has 0 aliphatic rings. The van der Waals surface area contributed by atoms with Crippen LogP contribution in [-0.2, 0) is 11.2 Å². The molecule has 1 amide bonds. The van der Waals surface area contributed by atoms with Gasteiger partial charge in [-0.15, -0.1) is 0 Å². The van der Waals surface area contributed by atoms with Crippen LogP contribution >= 0.6 is 0 Å². The van der Waals surface area contributed by atoms with Gasteiger partial charge in [0.15, 0.2) is 0 Å². The van der Waals surface area contributed by atoms with Crippen LogP contribution in [-0.4, -0.2) is 28.6 Å². The Bertz CT molecular complexity index is 371. The fourth-order valence-corrected chi connectivity index (χ4v) is 1.41. The number of amides is 1. The Labute approximate surface area is 108 Å². The molecule has 1 unspecified atom stereocenters. The van der Waals surface area contributed by atoms with Crippen LogP contribution in [0.4, 0.5) is 0 Å². The molecule has 1 heterocycles. The lowest BCUT2D eigenvalue weighted by Gasteiger charge is -2.25. The van der Waals surface area contributed by atoms with Crippen LogP contribution in [0.15, 0.2) is 24.5 Å². The van der Waals surface area contributed by atoms with Crippen molar-refractivity contribution >= 4 is 5.91 Å². The summed E-state index contributed by atoms with van der Waals surface area (Å²) >= 11 is 0. The van der Waals surface area contributed by atoms with E-state index in [4.69, 9.17) is 0 Å². The van der Waals surface area contributed by atoms with Crippen molar-refractivity contribution in [3.05, 3.63) is 30.1 Å². The van der Waals surface area contributed by atoms with Crippen LogP contribution in [0.1, 0.15) is 32.8 Å². The Morgan fingerprint density at radius 1 is 1.39 bits per heavy atom. The van der Waals surface area contributed by atoms with Gasteiger partial charge in [-0.2, -0.15) is 0 Å². The van der Waals surface area contributed by atoms with Crippen LogP contribution < -0.4 is 5.32 Å². The van der Waals surface area contributed by atoms with Gasteiger partial charge in [0.05, 0.1) is 6.10 Å². The third-order valence-corrected chi connectivity index (χ3v) is 2.88. The third kappa shape index (κ3) is 5.27. The van der Waals surface area contributed by atoms with E-state index in [0.717, 1.165) is 5.56 Å². The number of carbonyl (C=O) groups is 1. The van der Waals surface area contributed by atoms with Gasteiger partial charge in [-0.3, -0.25) is 9.78 Å². The molecule has 4 nitrogen and oxygen atoms in total. The van der Waals surface area contributed by atoms with Crippen LogP contribution in [0.25, 0.3) is 0 Å². The molecule has 1 aromatic heterocycles. The molecule has 0 aliphatic heterocycles. The minimum atomic E-state index is -0.526. The highest BCUT2D eigenvalue weighted by Crippen LogP contribution is 2.18. The summed E-state index contributed by atoms with van der Waals surface area (Å²) < 4.78 is 0. The number of aliphatic hydroxyl groups excluding tert-OH is 1. The van der Waals surface area contributed by atoms with Crippen LogP contribution in [0.2, 0.25) is 0 Å². The van der Waals surface area contributed by atoms with Gasteiger partial charge in [-0.05, 0) is 29.5 Å². The SMILES string of the molecule is CC(C)(C)C(O)CNC(=O)CCc1ccncc1. The molecular weight excluding hydrogens is 228 g/mol. The Morgan fingerprint density at radius 2 is 2.00 bits per heavy atom. The van der Waals surface area contributed by atoms with Crippen molar-refractivity contribution in [1.29, 1.82) is 0 Å². The van der Waals surface area contributed by atoms with E-state index in [9.17, 15) is 9.90 Å². The lowest BCUT2D eigenvalue weighted by atomic mass is 9.89. The maximum atomic E-state index is 11.6. The van der Waals surface area contributed by atoms with Crippen molar-refractivity contribution in [1.82, 2.24) is 10.3 Å². The zero-order chi connectivity index (χ0) is 13.6. The van der Waals surface area contributed by atoms with E-state index in [0.29, 0.717) is 19.4 Å². The van der Waals surface area contributed by atoms with Crippen molar-refractivity contribution < 1.29 is 9.90 Å². The van der Waals surface area contributed by atoms with Crippen LogP contribution in [0.5, 0.6) is 0 Å². The lowest BCUT2D eigenvalue weighted by molar-refractivity contribution is -0.121. The number of hydrogen-bond donors (Lipinski definition) is 2. The van der Waals surface area contributed by atoms with E-state index in [2.05, 4.69) is 10.3 Å². The van der Waals surface area contributed by atoms with E-state index < -0.39 is 6.10 Å². The number of carbonyl (C=O) groups excluding carboxylic acids is 1. The van der Waals surface area contributed by atoms with Crippen molar-refractivity contribution in [3.63, 3.8) is 0 Å². The average molecular weight is 250 g/mol. The zero-order valence-electron chi connectivity index (χ0n) is 11.3. The smallest absolute Gasteiger partial charge is 0.220 e. The normalized spacial score (nSPS) is 13.1. The van der Waals surface area contributed by atoms with Crippen molar-refractivity contribution in [2.45, 2.75) is 39.7 Å². The first-order valence-electron chi connectivity index (χ1n) is 6.23. The Morgan fingerprint density at radius 3 is 2.56 bits per heavy atom. The highest BCUT2D eigenvalue weighted by atomic mass is 16.3. The summed E-state index contributed by atoms with van der Waals surface area (Å²) in [4.78, 5) is 15.5. The summed E-state index contributed by atoms with van der Waals surface area (Å²) in [6, 6.07) is 3.80. The van der Waals surface area contributed by atoms with Gasteiger partial charge in [0, 0.05) is 25.4 Å². The van der Waals surface area contributed by atoms with Crippen molar-refractivity contribution in [2.75, 3.05) is 6.54 Å². The second-order valence-electron chi connectivity index (χ2n) is 5.54. The minimum Gasteiger partial charge on any atom is -0.391 e. The van der Waals surface area contributed by atoms with Gasteiger partial charge in [0.1, 0.15) is 0 Å². The predicted molar refractivity (Wildman–Crippen MR) is 71.0 cm³/mol. The Kier molecular flexibility index (Phi) is 5.28. The molecule has 0 saturated heterocycles. The molecule has 0 aliphatic carbocycles. The summed E-state index contributed by atoms with van der Waals surface area (Å²) in [6.45, 7) is 6.14. The molecule has 0 fully saturated rings. The van der Waals surface area contributed by atoms with Gasteiger partial charge in [0.25, 0.3) is 0 Å². The molecule has 1 aromatic rings. The standard InChI is InChI=1S/C14H22N2O2/c1-14(2,3)12(17)10-16-13(18)5-4-11-6-8-15-9-7-11/h6-9,12,17H,4-5,10H2,1-3H3,(H,16,18). The first kappa shape index (κ1) is 14.6. The maximum Gasteiger partial charge on any atom is 0.220 e. The molecule has 0 aromatic carbocycles. The predicted octanol–water partition coefficient (Wildman–Crippen LogP) is 1.54. The van der Waals surface area contributed by atoms with Crippen molar-refractivity contribution in [3.8, 4) is 0 Å². The summed E-state index contributed by atoms with van der Waals surface area (Å²) in [7, 11) is 0. The Balaban J connectivity index is 2.27. The molecule has 2 N–H and O–H groups in total. The van der Waals surface area contributed by atoms with Crippen molar-refractivity contribution in [2.24, 2.45) is 5.41 Å². The second kappa shape index (κ2) is 6.50. The summed E-state index contributed by atoms with van der Waals surface area (Å²) in [5.41, 5.74) is 0.884. The highest BCUT2D eigenvalue weighted by Gasteiger charge is 2.22. The number of hydrogen-bond acceptors (Lipinski definition) is 3. The number of aromatic nitrogens is 1. The molecule has 4 heteroatoms. The summed E-state index contributed by atoms with van der Waals surface area (Å²) in [5, 5.41) is 12.6. The quantitative estimate of drug-likeness (QED) is 0.833. The third-order valence-electron chi connectivity index (χ3n) is 2.88. The van der Waals surface area contributed by atoms with Gasteiger partial charge < -0.3 is 10.4 Å². The molecule has 0 spiro atoms. The van der Waals surface area contributed by atoms with E-state index in [-0.39, 0.29) is 11.3 Å². The van der Waals surface area contributed by atoms with Gasteiger partial charge in [-0.25, -0.2) is 0 Å². The first-order chi connectivity index (χ1) is 8.39. The van der Waals surface area contributed by atoms with E-state index in [1.54, 1.807) is 12.4 Å². The molecule has 18 heavy (non-hydrogen) atoms. The van der Waals surface area contributed by atoms with Gasteiger partial charge >= 0.3 is 0 Å². The molecule has 100 valence electrons. The number of pyridine rings is 1. The molecule has 0 bridgehead atoms. The number of aryl methyl sites for hydroxylation is 1. The monoisotopic (exact) mass is 250 g/mol. The van der Waals surface area contributed by atoms with Crippen LogP contribution in [0.3, 0.4) is 0 Å². The van der Waals surface area contributed by atoms with Gasteiger partial charge in [-0.1, -0.05) is 20.8 Å². The fraction of sp³-hybridized carbons (Fsp3) is 0.571. The lowest BCUT2D eigenvalue weighted by Crippen LogP contribution is -2.39. The first-order valence-corrected chi connectivity index (χ1v) is 6.23. The summed E-state index contributed by atoms with van der Waals surface area (Å²) in [5.74, 6) is -0.0323. The molecular formula is C14H22N2O2. The largest absolute Gasteiger partial charge is 0.391 e. The van der Waals surface area contributed by atoms with E-state index >= 15 is 0 Å². The fourth-order valence-electron chi connectivity index (χ4n) is 1.41.